The standard InChI is InChI=1S/C18H17F3N2O2S/c1-25-15-7-3-6-14(11-15)22-17(24)23-8-9-26-16(23)12-4-2-5-13(10-12)18(19,20)21/h2-7,10-11,16H,8-9H2,1H3,(H,22,24). The van der Waals surface area contributed by atoms with Crippen molar-refractivity contribution in [2.24, 2.45) is 0 Å². The molecule has 0 saturated carbocycles. The van der Waals surface area contributed by atoms with Gasteiger partial charge in [0.2, 0.25) is 0 Å². The maximum absolute atomic E-state index is 13.0. The number of carbonyl (C=O) groups is 1. The molecule has 138 valence electrons. The minimum atomic E-state index is -4.41. The summed E-state index contributed by atoms with van der Waals surface area (Å²) >= 11 is 1.44. The molecular formula is C18H17F3N2O2S. The Labute approximate surface area is 153 Å². The van der Waals surface area contributed by atoms with E-state index in [1.54, 1.807) is 35.2 Å². The van der Waals surface area contributed by atoms with Crippen molar-refractivity contribution < 1.29 is 22.7 Å². The van der Waals surface area contributed by atoms with Crippen LogP contribution in [0.2, 0.25) is 0 Å². The summed E-state index contributed by atoms with van der Waals surface area (Å²) in [6, 6.07) is 11.7. The lowest BCUT2D eigenvalue weighted by Gasteiger charge is -2.25. The van der Waals surface area contributed by atoms with Crippen LogP contribution in [-0.2, 0) is 6.18 Å². The summed E-state index contributed by atoms with van der Waals surface area (Å²) in [7, 11) is 1.53. The van der Waals surface area contributed by atoms with E-state index < -0.39 is 17.1 Å². The fraction of sp³-hybridized carbons (Fsp3) is 0.278. The van der Waals surface area contributed by atoms with Gasteiger partial charge in [0.15, 0.2) is 0 Å². The van der Waals surface area contributed by atoms with Gasteiger partial charge in [-0.2, -0.15) is 13.2 Å². The van der Waals surface area contributed by atoms with E-state index in [2.05, 4.69) is 5.32 Å². The van der Waals surface area contributed by atoms with E-state index in [0.29, 0.717) is 29.3 Å². The number of thioether (sulfide) groups is 1. The van der Waals surface area contributed by atoms with Crippen LogP contribution in [-0.4, -0.2) is 30.3 Å². The van der Waals surface area contributed by atoms with Crippen molar-refractivity contribution in [1.82, 2.24) is 4.90 Å². The first-order valence-corrected chi connectivity index (χ1v) is 8.94. The molecule has 0 spiro atoms. The van der Waals surface area contributed by atoms with Gasteiger partial charge in [-0.3, -0.25) is 0 Å². The van der Waals surface area contributed by atoms with Gasteiger partial charge in [0.1, 0.15) is 11.1 Å². The monoisotopic (exact) mass is 382 g/mol. The second-order valence-electron chi connectivity index (χ2n) is 5.70. The number of anilines is 1. The molecule has 2 amide bonds. The zero-order valence-corrected chi connectivity index (χ0v) is 14.7. The van der Waals surface area contributed by atoms with Crippen LogP contribution in [0.3, 0.4) is 0 Å². The van der Waals surface area contributed by atoms with Gasteiger partial charge in [-0.1, -0.05) is 18.2 Å². The summed E-state index contributed by atoms with van der Waals surface area (Å²) in [5.41, 5.74) is 0.313. The number of hydrogen-bond acceptors (Lipinski definition) is 3. The van der Waals surface area contributed by atoms with Crippen molar-refractivity contribution in [3.8, 4) is 5.75 Å². The number of hydrogen-bond donors (Lipinski definition) is 1. The SMILES string of the molecule is COc1cccc(NC(=O)N2CCSC2c2cccc(C(F)(F)F)c2)c1. The van der Waals surface area contributed by atoms with Gasteiger partial charge < -0.3 is 15.0 Å². The van der Waals surface area contributed by atoms with Crippen LogP contribution in [0.5, 0.6) is 5.75 Å². The van der Waals surface area contributed by atoms with Gasteiger partial charge in [0.25, 0.3) is 0 Å². The Morgan fingerprint density at radius 3 is 2.73 bits per heavy atom. The summed E-state index contributed by atoms with van der Waals surface area (Å²) in [5.74, 6) is 1.26. The molecule has 2 aromatic rings. The summed E-state index contributed by atoms with van der Waals surface area (Å²) in [6.07, 6.45) is -4.41. The molecule has 1 saturated heterocycles. The first-order valence-electron chi connectivity index (χ1n) is 7.89. The summed E-state index contributed by atoms with van der Waals surface area (Å²) in [5, 5.41) is 2.32. The molecule has 0 radical (unpaired) electrons. The van der Waals surface area contributed by atoms with Crippen molar-refractivity contribution in [3.63, 3.8) is 0 Å². The number of halogens is 3. The predicted octanol–water partition coefficient (Wildman–Crippen LogP) is 4.99. The Bertz CT molecular complexity index is 798. The number of alkyl halides is 3. The number of amides is 2. The van der Waals surface area contributed by atoms with E-state index in [1.165, 1.54) is 24.9 Å². The Kier molecular flexibility index (Phi) is 5.31. The molecule has 1 N–H and O–H groups in total. The Hall–Kier alpha value is -2.35. The number of urea groups is 1. The van der Waals surface area contributed by atoms with Crippen LogP contribution in [0.15, 0.2) is 48.5 Å². The van der Waals surface area contributed by atoms with Gasteiger partial charge in [-0.15, -0.1) is 11.8 Å². The number of carbonyl (C=O) groups excluding carboxylic acids is 1. The molecule has 8 heteroatoms. The van der Waals surface area contributed by atoms with Crippen LogP contribution in [0.4, 0.5) is 23.7 Å². The van der Waals surface area contributed by atoms with E-state index in [4.69, 9.17) is 4.74 Å². The summed E-state index contributed by atoms with van der Waals surface area (Å²) in [6.45, 7) is 0.460. The molecule has 1 heterocycles. The lowest BCUT2D eigenvalue weighted by atomic mass is 10.1. The van der Waals surface area contributed by atoms with Gasteiger partial charge >= 0.3 is 12.2 Å². The second kappa shape index (κ2) is 7.49. The molecule has 4 nitrogen and oxygen atoms in total. The van der Waals surface area contributed by atoms with Crippen LogP contribution < -0.4 is 10.1 Å². The Morgan fingerprint density at radius 2 is 2.00 bits per heavy atom. The minimum absolute atomic E-state index is 0.356. The van der Waals surface area contributed by atoms with Gasteiger partial charge in [-0.25, -0.2) is 4.79 Å². The van der Waals surface area contributed by atoms with E-state index in [1.807, 2.05) is 0 Å². The highest BCUT2D eigenvalue weighted by Crippen LogP contribution is 2.40. The van der Waals surface area contributed by atoms with Crippen LogP contribution in [0.1, 0.15) is 16.5 Å². The molecule has 1 atom stereocenters. The zero-order valence-electron chi connectivity index (χ0n) is 13.9. The van der Waals surface area contributed by atoms with Crippen molar-refractivity contribution in [2.75, 3.05) is 24.7 Å². The third-order valence-corrected chi connectivity index (χ3v) is 5.23. The number of ether oxygens (including phenoxy) is 1. The van der Waals surface area contributed by atoms with Crippen molar-refractivity contribution in [3.05, 3.63) is 59.7 Å². The molecule has 0 bridgehead atoms. The molecule has 26 heavy (non-hydrogen) atoms. The first kappa shape index (κ1) is 18.4. The molecule has 1 fully saturated rings. The fourth-order valence-corrected chi connectivity index (χ4v) is 3.96. The smallest absolute Gasteiger partial charge is 0.416 e. The number of benzene rings is 2. The summed E-state index contributed by atoms with van der Waals surface area (Å²) < 4.78 is 44.0. The number of nitrogens with one attached hydrogen (secondary N) is 1. The lowest BCUT2D eigenvalue weighted by molar-refractivity contribution is -0.137. The highest BCUT2D eigenvalue weighted by Gasteiger charge is 2.34. The Balaban J connectivity index is 1.78. The van der Waals surface area contributed by atoms with Gasteiger partial charge in [0.05, 0.1) is 12.7 Å². The largest absolute Gasteiger partial charge is 0.497 e. The Morgan fingerprint density at radius 1 is 1.23 bits per heavy atom. The highest BCUT2D eigenvalue weighted by molar-refractivity contribution is 7.99. The average Bonchev–Trinajstić information content (AvgIpc) is 3.11. The van der Waals surface area contributed by atoms with Crippen molar-refractivity contribution in [1.29, 1.82) is 0 Å². The summed E-state index contributed by atoms with van der Waals surface area (Å²) in [4.78, 5) is 14.2. The maximum Gasteiger partial charge on any atom is 0.416 e. The van der Waals surface area contributed by atoms with Crippen LogP contribution in [0, 0.1) is 0 Å². The lowest BCUT2D eigenvalue weighted by Crippen LogP contribution is -2.34. The quantitative estimate of drug-likeness (QED) is 0.813. The molecule has 1 unspecified atom stereocenters. The topological polar surface area (TPSA) is 41.6 Å². The third-order valence-electron chi connectivity index (χ3n) is 3.97. The van der Waals surface area contributed by atoms with E-state index in [9.17, 15) is 18.0 Å². The minimum Gasteiger partial charge on any atom is -0.497 e. The number of methoxy groups -OCH3 is 1. The highest BCUT2D eigenvalue weighted by atomic mass is 32.2. The molecule has 0 aliphatic carbocycles. The molecule has 2 aromatic carbocycles. The van der Waals surface area contributed by atoms with Crippen LogP contribution >= 0.6 is 11.8 Å². The molecule has 1 aliphatic rings. The van der Waals surface area contributed by atoms with Crippen LogP contribution in [0.25, 0.3) is 0 Å². The molecule has 1 aliphatic heterocycles. The van der Waals surface area contributed by atoms with E-state index >= 15 is 0 Å². The van der Waals surface area contributed by atoms with Crippen molar-refractivity contribution in [2.45, 2.75) is 11.6 Å². The second-order valence-corrected chi connectivity index (χ2v) is 6.89. The molecule has 0 aromatic heterocycles. The fourth-order valence-electron chi connectivity index (χ4n) is 2.72. The third kappa shape index (κ3) is 4.07. The zero-order chi connectivity index (χ0) is 18.7. The van der Waals surface area contributed by atoms with E-state index in [-0.39, 0.29) is 6.03 Å². The molecule has 3 rings (SSSR count). The van der Waals surface area contributed by atoms with Gasteiger partial charge in [0, 0.05) is 24.1 Å². The number of rotatable bonds is 3. The number of nitrogens with zero attached hydrogens (tertiary/aromatic N) is 1. The van der Waals surface area contributed by atoms with Crippen molar-refractivity contribution >= 4 is 23.5 Å². The normalized spacial score (nSPS) is 17.2. The predicted molar refractivity (Wildman–Crippen MR) is 95.4 cm³/mol. The van der Waals surface area contributed by atoms with Gasteiger partial charge in [-0.05, 0) is 29.8 Å². The molecular weight excluding hydrogens is 365 g/mol. The maximum atomic E-state index is 13.0. The first-order chi connectivity index (χ1) is 12.4. The van der Waals surface area contributed by atoms with E-state index in [0.717, 1.165) is 12.1 Å². The average molecular weight is 382 g/mol.